The van der Waals surface area contributed by atoms with E-state index in [1.54, 1.807) is 0 Å². The Labute approximate surface area is 116 Å². The van der Waals surface area contributed by atoms with E-state index in [9.17, 15) is 0 Å². The fourth-order valence-corrected chi connectivity index (χ4v) is 2.34. The van der Waals surface area contributed by atoms with Crippen LogP contribution in [-0.4, -0.2) is 30.1 Å². The van der Waals surface area contributed by atoms with Crippen molar-refractivity contribution in [3.05, 3.63) is 11.9 Å². The molecule has 1 aliphatic rings. The zero-order valence-electron chi connectivity index (χ0n) is 12.8. The molecule has 4 heteroatoms. The van der Waals surface area contributed by atoms with Gasteiger partial charge in [-0.2, -0.15) is 0 Å². The Kier molecular flexibility index (Phi) is 3.97. The molecule has 19 heavy (non-hydrogen) atoms. The molecule has 2 heterocycles. The van der Waals surface area contributed by atoms with E-state index in [-0.39, 0.29) is 0 Å². The van der Waals surface area contributed by atoms with Gasteiger partial charge in [-0.15, -0.1) is 0 Å². The van der Waals surface area contributed by atoms with Gasteiger partial charge in [0.25, 0.3) is 0 Å². The van der Waals surface area contributed by atoms with Crippen LogP contribution in [0.4, 0.5) is 11.6 Å². The molecule has 0 atom stereocenters. The van der Waals surface area contributed by atoms with E-state index in [1.807, 2.05) is 7.05 Å². The first kappa shape index (κ1) is 14.1. The normalized spacial score (nSPS) is 18.7. The molecule has 106 valence electrons. The summed E-state index contributed by atoms with van der Waals surface area (Å²) in [6.45, 7) is 11.1. The largest absolute Gasteiger partial charge is 0.373 e. The van der Waals surface area contributed by atoms with Gasteiger partial charge >= 0.3 is 0 Å². The smallest absolute Gasteiger partial charge is 0.135 e. The predicted octanol–water partition coefficient (Wildman–Crippen LogP) is 3.27. The third-order valence-corrected chi connectivity index (χ3v) is 3.94. The summed E-state index contributed by atoms with van der Waals surface area (Å²) in [6.07, 6.45) is 2.45. The third kappa shape index (κ3) is 3.37. The first-order valence-corrected chi connectivity index (χ1v) is 7.23. The second-order valence-electron chi connectivity index (χ2n) is 6.53. The van der Waals surface area contributed by atoms with Crippen LogP contribution in [0.1, 0.15) is 52.3 Å². The van der Waals surface area contributed by atoms with Crippen molar-refractivity contribution in [1.29, 1.82) is 0 Å². The Morgan fingerprint density at radius 3 is 2.37 bits per heavy atom. The van der Waals surface area contributed by atoms with Gasteiger partial charge < -0.3 is 10.2 Å². The molecule has 0 aromatic carbocycles. The van der Waals surface area contributed by atoms with Gasteiger partial charge in [-0.05, 0) is 18.3 Å². The molecule has 0 unspecified atom stereocenters. The summed E-state index contributed by atoms with van der Waals surface area (Å²) >= 11 is 0. The Morgan fingerprint density at radius 1 is 1.21 bits per heavy atom. The van der Waals surface area contributed by atoms with E-state index in [4.69, 9.17) is 4.98 Å². The van der Waals surface area contributed by atoms with Crippen LogP contribution in [0, 0.1) is 5.41 Å². The number of nitrogens with zero attached hydrogens (tertiary/aromatic N) is 3. The van der Waals surface area contributed by atoms with Crippen LogP contribution in [0.15, 0.2) is 6.07 Å². The van der Waals surface area contributed by atoms with Crippen LogP contribution in [0.5, 0.6) is 0 Å². The molecule has 0 amide bonds. The summed E-state index contributed by atoms with van der Waals surface area (Å²) in [5.74, 6) is 3.26. The molecule has 0 saturated carbocycles. The summed E-state index contributed by atoms with van der Waals surface area (Å²) in [5, 5.41) is 3.14. The minimum absolute atomic E-state index is 0.355. The van der Waals surface area contributed by atoms with Crippen LogP contribution in [0.3, 0.4) is 0 Å². The van der Waals surface area contributed by atoms with Crippen molar-refractivity contribution in [3.63, 3.8) is 0 Å². The SMILES string of the molecule is CNc1cc(N2CCC(C)(C)CC2)nc(C(C)C)n1. The van der Waals surface area contributed by atoms with Gasteiger partial charge in [0.15, 0.2) is 0 Å². The zero-order chi connectivity index (χ0) is 14.0. The summed E-state index contributed by atoms with van der Waals surface area (Å²) in [4.78, 5) is 11.6. The number of anilines is 2. The van der Waals surface area contributed by atoms with Gasteiger partial charge in [-0.3, -0.25) is 0 Å². The van der Waals surface area contributed by atoms with E-state index in [0.717, 1.165) is 30.5 Å². The minimum Gasteiger partial charge on any atom is -0.373 e. The Balaban J connectivity index is 2.22. The number of hydrogen-bond acceptors (Lipinski definition) is 4. The Bertz CT molecular complexity index is 430. The molecule has 1 fully saturated rings. The maximum atomic E-state index is 4.73. The molecule has 1 aromatic rings. The maximum Gasteiger partial charge on any atom is 0.135 e. The van der Waals surface area contributed by atoms with E-state index < -0.39 is 0 Å². The third-order valence-electron chi connectivity index (χ3n) is 3.94. The summed E-state index contributed by atoms with van der Waals surface area (Å²) in [7, 11) is 1.91. The molecule has 0 radical (unpaired) electrons. The molecule has 4 nitrogen and oxygen atoms in total. The fraction of sp³-hybridized carbons (Fsp3) is 0.733. The summed E-state index contributed by atoms with van der Waals surface area (Å²) in [6, 6.07) is 2.06. The highest BCUT2D eigenvalue weighted by molar-refractivity contribution is 5.49. The van der Waals surface area contributed by atoms with Crippen molar-refractivity contribution < 1.29 is 0 Å². The highest BCUT2D eigenvalue weighted by atomic mass is 15.2. The summed E-state index contributed by atoms with van der Waals surface area (Å²) < 4.78 is 0. The lowest BCUT2D eigenvalue weighted by Gasteiger charge is -2.37. The van der Waals surface area contributed by atoms with Crippen molar-refractivity contribution in [2.24, 2.45) is 5.41 Å². The second-order valence-corrected chi connectivity index (χ2v) is 6.53. The van der Waals surface area contributed by atoms with Crippen LogP contribution in [-0.2, 0) is 0 Å². The van der Waals surface area contributed by atoms with Gasteiger partial charge in [0.2, 0.25) is 0 Å². The molecule has 1 aromatic heterocycles. The van der Waals surface area contributed by atoms with Gasteiger partial charge in [0.1, 0.15) is 17.5 Å². The number of hydrogen-bond donors (Lipinski definition) is 1. The lowest BCUT2D eigenvalue weighted by molar-refractivity contribution is 0.279. The number of nitrogens with one attached hydrogen (secondary N) is 1. The average Bonchev–Trinajstić information content (AvgIpc) is 2.38. The second kappa shape index (κ2) is 5.35. The summed E-state index contributed by atoms with van der Waals surface area (Å²) in [5.41, 5.74) is 0.468. The van der Waals surface area contributed by atoms with Crippen molar-refractivity contribution in [2.75, 3.05) is 30.4 Å². The lowest BCUT2D eigenvalue weighted by atomic mass is 9.83. The Hall–Kier alpha value is -1.32. The van der Waals surface area contributed by atoms with Gasteiger partial charge in [-0.1, -0.05) is 27.7 Å². The number of piperidine rings is 1. The quantitative estimate of drug-likeness (QED) is 0.907. The first-order chi connectivity index (χ1) is 8.91. The molecule has 2 rings (SSSR count). The molecular weight excluding hydrogens is 236 g/mol. The van der Waals surface area contributed by atoms with Crippen molar-refractivity contribution >= 4 is 11.6 Å². The minimum atomic E-state index is 0.355. The molecule has 1 aliphatic heterocycles. The maximum absolute atomic E-state index is 4.73. The predicted molar refractivity (Wildman–Crippen MR) is 80.9 cm³/mol. The van der Waals surface area contributed by atoms with Crippen molar-refractivity contribution in [3.8, 4) is 0 Å². The van der Waals surface area contributed by atoms with Gasteiger partial charge in [0, 0.05) is 32.1 Å². The fourth-order valence-electron chi connectivity index (χ4n) is 2.34. The molecule has 0 spiro atoms. The van der Waals surface area contributed by atoms with Gasteiger partial charge in [0.05, 0.1) is 0 Å². The topological polar surface area (TPSA) is 41.0 Å². The van der Waals surface area contributed by atoms with Crippen LogP contribution >= 0.6 is 0 Å². The monoisotopic (exact) mass is 262 g/mol. The molecule has 0 bridgehead atoms. The van der Waals surface area contributed by atoms with E-state index >= 15 is 0 Å². The van der Waals surface area contributed by atoms with Crippen LogP contribution < -0.4 is 10.2 Å². The van der Waals surface area contributed by atoms with Crippen molar-refractivity contribution in [2.45, 2.75) is 46.5 Å². The molecule has 1 saturated heterocycles. The molecule has 0 aliphatic carbocycles. The van der Waals surface area contributed by atoms with E-state index in [2.05, 4.69) is 49.0 Å². The molecule has 1 N–H and O–H groups in total. The first-order valence-electron chi connectivity index (χ1n) is 7.23. The van der Waals surface area contributed by atoms with E-state index in [1.165, 1.54) is 12.8 Å². The highest BCUT2D eigenvalue weighted by Crippen LogP contribution is 2.32. The van der Waals surface area contributed by atoms with Gasteiger partial charge in [-0.25, -0.2) is 9.97 Å². The Morgan fingerprint density at radius 2 is 1.84 bits per heavy atom. The zero-order valence-corrected chi connectivity index (χ0v) is 12.8. The lowest BCUT2D eigenvalue weighted by Crippen LogP contribution is -2.38. The average molecular weight is 262 g/mol. The number of aromatic nitrogens is 2. The van der Waals surface area contributed by atoms with E-state index in [0.29, 0.717) is 11.3 Å². The van der Waals surface area contributed by atoms with Crippen LogP contribution in [0.25, 0.3) is 0 Å². The standard InChI is InChI=1S/C15H26N4/c1-11(2)14-17-12(16-5)10-13(18-14)19-8-6-15(3,4)7-9-19/h10-11H,6-9H2,1-5H3,(H,16,17,18). The number of rotatable bonds is 3. The molecular formula is C15H26N4. The van der Waals surface area contributed by atoms with Crippen LogP contribution in [0.2, 0.25) is 0 Å². The highest BCUT2D eigenvalue weighted by Gasteiger charge is 2.26. The van der Waals surface area contributed by atoms with Crippen molar-refractivity contribution in [1.82, 2.24) is 9.97 Å².